The molecule has 0 heterocycles. The largest absolute Gasteiger partial charge is 0.378 e. The van der Waals surface area contributed by atoms with Crippen molar-refractivity contribution in [2.24, 2.45) is 16.1 Å². The van der Waals surface area contributed by atoms with Crippen molar-refractivity contribution in [3.05, 3.63) is 0 Å². The highest BCUT2D eigenvalue weighted by atomic mass is 127. The Morgan fingerprint density at radius 2 is 2.05 bits per heavy atom. The number of hydrogen-bond acceptors (Lipinski definition) is 2. The summed E-state index contributed by atoms with van der Waals surface area (Å²) in [6, 6.07) is 0.359. The van der Waals surface area contributed by atoms with E-state index in [1.807, 2.05) is 0 Å². The van der Waals surface area contributed by atoms with Crippen LogP contribution in [0, 0.1) is 5.41 Å². The van der Waals surface area contributed by atoms with E-state index in [-0.39, 0.29) is 29.5 Å². The Morgan fingerprint density at radius 1 is 1.42 bits per heavy atom. The fraction of sp³-hybridized carbons (Fsp3) is 0.929. The second-order valence-electron chi connectivity index (χ2n) is 6.67. The van der Waals surface area contributed by atoms with E-state index >= 15 is 0 Å². The second kappa shape index (κ2) is 6.16. The number of halogens is 1. The predicted molar refractivity (Wildman–Crippen MR) is 90.0 cm³/mol. The molecule has 0 saturated heterocycles. The molecule has 2 aliphatic rings. The van der Waals surface area contributed by atoms with Gasteiger partial charge in [-0.2, -0.15) is 0 Å². The van der Waals surface area contributed by atoms with Crippen molar-refractivity contribution in [1.29, 1.82) is 0 Å². The van der Waals surface area contributed by atoms with Crippen LogP contribution in [0.2, 0.25) is 0 Å². The first-order valence-corrected chi connectivity index (χ1v) is 7.10. The smallest absolute Gasteiger partial charge is 0.189 e. The van der Waals surface area contributed by atoms with Crippen LogP contribution in [0.25, 0.3) is 0 Å². The van der Waals surface area contributed by atoms with Crippen LogP contribution in [0.3, 0.4) is 0 Å². The summed E-state index contributed by atoms with van der Waals surface area (Å²) < 4.78 is 5.82. The summed E-state index contributed by atoms with van der Waals surface area (Å²) in [5.41, 5.74) is 6.27. The van der Waals surface area contributed by atoms with Crippen molar-refractivity contribution in [3.63, 3.8) is 0 Å². The summed E-state index contributed by atoms with van der Waals surface area (Å²) in [6.45, 7) is 9.16. The fourth-order valence-corrected chi connectivity index (χ4v) is 3.17. The van der Waals surface area contributed by atoms with E-state index in [1.165, 1.54) is 19.3 Å². The quantitative estimate of drug-likeness (QED) is 0.449. The van der Waals surface area contributed by atoms with Crippen LogP contribution >= 0.6 is 24.0 Å². The van der Waals surface area contributed by atoms with Gasteiger partial charge < -0.3 is 15.8 Å². The number of ether oxygens (including phenoxy) is 1. The molecule has 0 aliphatic heterocycles. The standard InChI is InChI=1S/C14H27N3O.HI/c1-5-18-11-9-10(14(11)7-6-8-14)16-12(15)17-13(2,3)4;/h10-11H,5-9H2,1-4H3,(H3,15,16,17);1H. The van der Waals surface area contributed by atoms with Crippen LogP contribution in [0.15, 0.2) is 4.99 Å². The molecule has 4 nitrogen and oxygen atoms in total. The first-order valence-electron chi connectivity index (χ1n) is 7.10. The highest BCUT2D eigenvalue weighted by molar-refractivity contribution is 14.0. The maximum Gasteiger partial charge on any atom is 0.189 e. The molecule has 2 rings (SSSR count). The van der Waals surface area contributed by atoms with Crippen molar-refractivity contribution >= 4 is 29.9 Å². The molecule has 0 aromatic heterocycles. The van der Waals surface area contributed by atoms with Crippen LogP contribution < -0.4 is 11.1 Å². The Labute approximate surface area is 134 Å². The van der Waals surface area contributed by atoms with Crippen LogP contribution in [0.5, 0.6) is 0 Å². The maximum atomic E-state index is 5.99. The first-order chi connectivity index (χ1) is 8.37. The van der Waals surface area contributed by atoms with Gasteiger partial charge in [-0.3, -0.25) is 0 Å². The molecule has 0 amide bonds. The molecule has 2 saturated carbocycles. The van der Waals surface area contributed by atoms with E-state index in [2.05, 4.69) is 38.0 Å². The summed E-state index contributed by atoms with van der Waals surface area (Å²) >= 11 is 0. The lowest BCUT2D eigenvalue weighted by Crippen LogP contribution is -2.62. The van der Waals surface area contributed by atoms with Crippen molar-refractivity contribution in [1.82, 2.24) is 5.32 Å². The molecule has 0 bridgehead atoms. The topological polar surface area (TPSA) is 59.6 Å². The van der Waals surface area contributed by atoms with Crippen molar-refractivity contribution in [2.45, 2.75) is 71.1 Å². The molecule has 0 aromatic carbocycles. The van der Waals surface area contributed by atoms with Gasteiger partial charge in [-0.25, -0.2) is 4.99 Å². The Morgan fingerprint density at radius 3 is 2.47 bits per heavy atom. The Bertz CT molecular complexity index is 334. The third-order valence-corrected chi connectivity index (χ3v) is 4.19. The second-order valence-corrected chi connectivity index (χ2v) is 6.67. The van der Waals surface area contributed by atoms with Gasteiger partial charge in [0.25, 0.3) is 0 Å². The molecule has 1 spiro atoms. The van der Waals surface area contributed by atoms with Gasteiger partial charge >= 0.3 is 0 Å². The minimum Gasteiger partial charge on any atom is -0.378 e. The zero-order chi connectivity index (χ0) is 13.4. The molecule has 5 heteroatoms. The average molecular weight is 381 g/mol. The molecule has 3 N–H and O–H groups in total. The van der Waals surface area contributed by atoms with E-state index in [9.17, 15) is 0 Å². The molecule has 2 atom stereocenters. The van der Waals surface area contributed by atoms with Gasteiger partial charge in [0.15, 0.2) is 5.96 Å². The van der Waals surface area contributed by atoms with Crippen molar-refractivity contribution < 1.29 is 4.74 Å². The van der Waals surface area contributed by atoms with Crippen LogP contribution in [0.1, 0.15) is 53.4 Å². The number of hydrogen-bond donors (Lipinski definition) is 2. The van der Waals surface area contributed by atoms with Gasteiger partial charge in [0.2, 0.25) is 0 Å². The highest BCUT2D eigenvalue weighted by Gasteiger charge is 2.59. The molecular weight excluding hydrogens is 353 g/mol. The van der Waals surface area contributed by atoms with E-state index < -0.39 is 0 Å². The molecule has 0 aromatic rings. The summed E-state index contributed by atoms with van der Waals surface area (Å²) in [4.78, 5) is 4.68. The van der Waals surface area contributed by atoms with Gasteiger partial charge in [0.05, 0.1) is 12.1 Å². The summed E-state index contributed by atoms with van der Waals surface area (Å²) in [5.74, 6) is 0.578. The molecule has 2 fully saturated rings. The molecule has 112 valence electrons. The van der Waals surface area contributed by atoms with Crippen LogP contribution in [-0.2, 0) is 4.74 Å². The van der Waals surface area contributed by atoms with Gasteiger partial charge in [0, 0.05) is 17.6 Å². The van der Waals surface area contributed by atoms with Gasteiger partial charge in [-0.15, -0.1) is 24.0 Å². The zero-order valence-corrected chi connectivity index (χ0v) is 14.9. The molecule has 19 heavy (non-hydrogen) atoms. The van der Waals surface area contributed by atoms with E-state index in [0.29, 0.717) is 23.5 Å². The van der Waals surface area contributed by atoms with Gasteiger partial charge in [-0.05, 0) is 47.0 Å². The molecular formula is C14H28IN3O. The molecule has 2 aliphatic carbocycles. The maximum absolute atomic E-state index is 5.99. The molecule has 2 unspecified atom stereocenters. The Kier molecular flexibility index (Phi) is 5.52. The normalized spacial score (nSPS) is 29.2. The monoisotopic (exact) mass is 381 g/mol. The van der Waals surface area contributed by atoms with Crippen LogP contribution in [0.4, 0.5) is 0 Å². The molecule has 0 radical (unpaired) electrons. The highest BCUT2D eigenvalue weighted by Crippen LogP contribution is 2.58. The summed E-state index contributed by atoms with van der Waals surface area (Å²) in [5, 5.41) is 3.24. The first kappa shape index (κ1) is 17.0. The SMILES string of the molecule is CCOC1CC(N=C(N)NC(C)(C)C)C12CCC2.I. The fourth-order valence-electron chi connectivity index (χ4n) is 3.17. The number of aliphatic imine (C=N–C) groups is 1. The zero-order valence-electron chi connectivity index (χ0n) is 12.5. The number of nitrogens with two attached hydrogens (primary N) is 1. The third-order valence-electron chi connectivity index (χ3n) is 4.19. The van der Waals surface area contributed by atoms with E-state index in [4.69, 9.17) is 10.5 Å². The average Bonchev–Trinajstić information content (AvgIpc) is 2.10. The number of guanidine groups is 1. The lowest BCUT2D eigenvalue weighted by molar-refractivity contribution is -0.162. The lowest BCUT2D eigenvalue weighted by atomic mass is 9.51. The van der Waals surface area contributed by atoms with Crippen LogP contribution in [-0.4, -0.2) is 30.3 Å². The minimum atomic E-state index is -0.0244. The lowest BCUT2D eigenvalue weighted by Gasteiger charge is -2.59. The van der Waals surface area contributed by atoms with Gasteiger partial charge in [-0.1, -0.05) is 6.42 Å². The van der Waals surface area contributed by atoms with Crippen molar-refractivity contribution in [2.75, 3.05) is 6.61 Å². The third kappa shape index (κ3) is 3.54. The minimum absolute atomic E-state index is 0. The number of nitrogens with one attached hydrogen (secondary N) is 1. The number of rotatable bonds is 3. The Balaban J connectivity index is 0.00000180. The number of nitrogens with zero attached hydrogens (tertiary/aromatic N) is 1. The predicted octanol–water partition coefficient (Wildman–Crippen LogP) is 2.65. The van der Waals surface area contributed by atoms with Gasteiger partial charge in [0.1, 0.15) is 0 Å². The Hall–Kier alpha value is -0.0400. The van der Waals surface area contributed by atoms with E-state index in [0.717, 1.165) is 13.0 Å². The summed E-state index contributed by atoms with van der Waals surface area (Å²) in [7, 11) is 0. The van der Waals surface area contributed by atoms with E-state index in [1.54, 1.807) is 0 Å². The summed E-state index contributed by atoms with van der Waals surface area (Å²) in [6.07, 6.45) is 5.23. The van der Waals surface area contributed by atoms with Crippen molar-refractivity contribution in [3.8, 4) is 0 Å².